The van der Waals surface area contributed by atoms with E-state index in [4.69, 9.17) is 0 Å². The number of anilines is 1. The van der Waals surface area contributed by atoms with Crippen LogP contribution in [0.3, 0.4) is 0 Å². The molecule has 1 aromatic rings. The number of amides is 2. The summed E-state index contributed by atoms with van der Waals surface area (Å²) < 4.78 is 0. The molecule has 1 N–H and O–H groups in total. The van der Waals surface area contributed by atoms with Crippen LogP contribution in [0.25, 0.3) is 6.08 Å². The standard InChI is InChI=1S/C17H22N2O2/c1-13(20)18-16-9-6-14(7-10-16)8-11-17(21)19(2)12-15-4-3-5-15/h6-11,15H,3-5,12H2,1-2H3,(H,18,20)/b11-8-. The van der Waals surface area contributed by atoms with Crippen LogP contribution in [0.1, 0.15) is 31.7 Å². The maximum Gasteiger partial charge on any atom is 0.246 e. The monoisotopic (exact) mass is 286 g/mol. The molecular weight excluding hydrogens is 264 g/mol. The molecule has 1 saturated carbocycles. The first-order valence-electron chi connectivity index (χ1n) is 7.35. The molecule has 0 spiro atoms. The van der Waals surface area contributed by atoms with Crippen LogP contribution in [0.4, 0.5) is 5.69 Å². The van der Waals surface area contributed by atoms with Gasteiger partial charge in [0.15, 0.2) is 0 Å². The second kappa shape index (κ2) is 7.07. The fraction of sp³-hybridized carbons (Fsp3) is 0.412. The Morgan fingerprint density at radius 1 is 1.29 bits per heavy atom. The van der Waals surface area contributed by atoms with Crippen molar-refractivity contribution in [1.29, 1.82) is 0 Å². The van der Waals surface area contributed by atoms with E-state index in [9.17, 15) is 9.59 Å². The van der Waals surface area contributed by atoms with Gasteiger partial charge in [0, 0.05) is 32.3 Å². The van der Waals surface area contributed by atoms with E-state index in [2.05, 4.69) is 5.32 Å². The van der Waals surface area contributed by atoms with Crippen LogP contribution in [0.15, 0.2) is 30.3 Å². The lowest BCUT2D eigenvalue weighted by Gasteiger charge is -2.29. The van der Waals surface area contributed by atoms with Crippen molar-refractivity contribution in [3.63, 3.8) is 0 Å². The molecule has 0 atom stereocenters. The van der Waals surface area contributed by atoms with Gasteiger partial charge in [-0.3, -0.25) is 9.59 Å². The Kier molecular flexibility index (Phi) is 5.14. The third-order valence-corrected chi connectivity index (χ3v) is 3.78. The number of likely N-dealkylation sites (N-methyl/N-ethyl adjacent to an activating group) is 1. The number of carbonyl (C=O) groups excluding carboxylic acids is 2. The minimum atomic E-state index is -0.0916. The molecule has 1 aliphatic rings. The predicted molar refractivity (Wildman–Crippen MR) is 84.8 cm³/mol. The highest BCUT2D eigenvalue weighted by Gasteiger charge is 2.20. The van der Waals surface area contributed by atoms with E-state index in [1.165, 1.54) is 26.2 Å². The van der Waals surface area contributed by atoms with Gasteiger partial charge < -0.3 is 10.2 Å². The molecule has 1 aromatic carbocycles. The highest BCUT2D eigenvalue weighted by Crippen LogP contribution is 2.26. The Balaban J connectivity index is 1.87. The van der Waals surface area contributed by atoms with Crippen molar-refractivity contribution >= 4 is 23.6 Å². The van der Waals surface area contributed by atoms with Crippen molar-refractivity contribution in [2.24, 2.45) is 5.92 Å². The third kappa shape index (κ3) is 4.74. The lowest BCUT2D eigenvalue weighted by molar-refractivity contribution is -0.125. The number of hydrogen-bond donors (Lipinski definition) is 1. The maximum atomic E-state index is 12.0. The van der Waals surface area contributed by atoms with Crippen molar-refractivity contribution < 1.29 is 9.59 Å². The van der Waals surface area contributed by atoms with Crippen LogP contribution in [0.2, 0.25) is 0 Å². The molecule has 0 bridgehead atoms. The van der Waals surface area contributed by atoms with Crippen molar-refractivity contribution in [1.82, 2.24) is 4.90 Å². The van der Waals surface area contributed by atoms with Gasteiger partial charge in [0.1, 0.15) is 0 Å². The van der Waals surface area contributed by atoms with Gasteiger partial charge in [-0.2, -0.15) is 0 Å². The first kappa shape index (κ1) is 15.3. The highest BCUT2D eigenvalue weighted by molar-refractivity contribution is 5.92. The second-order valence-corrected chi connectivity index (χ2v) is 5.65. The molecule has 0 unspecified atom stereocenters. The lowest BCUT2D eigenvalue weighted by Crippen LogP contribution is -2.33. The van der Waals surface area contributed by atoms with Gasteiger partial charge in [-0.05, 0) is 42.5 Å². The zero-order valence-corrected chi connectivity index (χ0v) is 12.6. The first-order chi connectivity index (χ1) is 10.0. The Labute approximate surface area is 125 Å². The number of nitrogens with zero attached hydrogens (tertiary/aromatic N) is 1. The van der Waals surface area contributed by atoms with E-state index in [0.717, 1.165) is 17.8 Å². The molecule has 2 amide bonds. The number of benzene rings is 1. The van der Waals surface area contributed by atoms with Gasteiger partial charge in [-0.15, -0.1) is 0 Å². The predicted octanol–water partition coefficient (Wildman–Crippen LogP) is 2.92. The topological polar surface area (TPSA) is 49.4 Å². The Morgan fingerprint density at radius 3 is 2.48 bits per heavy atom. The zero-order chi connectivity index (χ0) is 15.2. The quantitative estimate of drug-likeness (QED) is 0.846. The van der Waals surface area contributed by atoms with Crippen LogP contribution < -0.4 is 5.32 Å². The average molecular weight is 286 g/mol. The van der Waals surface area contributed by atoms with E-state index >= 15 is 0 Å². The fourth-order valence-electron chi connectivity index (χ4n) is 2.33. The van der Waals surface area contributed by atoms with E-state index < -0.39 is 0 Å². The molecule has 4 heteroatoms. The normalized spacial score (nSPS) is 14.8. The first-order valence-corrected chi connectivity index (χ1v) is 7.35. The summed E-state index contributed by atoms with van der Waals surface area (Å²) >= 11 is 0. The summed E-state index contributed by atoms with van der Waals surface area (Å²) in [7, 11) is 1.85. The van der Waals surface area contributed by atoms with Crippen LogP contribution in [-0.2, 0) is 9.59 Å². The minimum absolute atomic E-state index is 0.0350. The van der Waals surface area contributed by atoms with Gasteiger partial charge in [-0.1, -0.05) is 18.6 Å². The summed E-state index contributed by atoms with van der Waals surface area (Å²) in [6.07, 6.45) is 7.18. The zero-order valence-electron chi connectivity index (χ0n) is 12.6. The molecule has 112 valence electrons. The number of rotatable bonds is 5. The smallest absolute Gasteiger partial charge is 0.246 e. The van der Waals surface area contributed by atoms with Crippen molar-refractivity contribution in [2.45, 2.75) is 26.2 Å². The molecule has 0 saturated heterocycles. The molecule has 0 radical (unpaired) electrons. The number of carbonyl (C=O) groups is 2. The number of hydrogen-bond acceptors (Lipinski definition) is 2. The third-order valence-electron chi connectivity index (χ3n) is 3.78. The summed E-state index contributed by atoms with van der Waals surface area (Å²) in [5.41, 5.74) is 1.70. The highest BCUT2D eigenvalue weighted by atomic mass is 16.2. The van der Waals surface area contributed by atoms with Gasteiger partial charge in [0.05, 0.1) is 0 Å². The van der Waals surface area contributed by atoms with Crippen LogP contribution in [-0.4, -0.2) is 30.3 Å². The molecule has 0 heterocycles. The lowest BCUT2D eigenvalue weighted by atomic mass is 9.85. The summed E-state index contributed by atoms with van der Waals surface area (Å²) in [6, 6.07) is 7.40. The van der Waals surface area contributed by atoms with Crippen LogP contribution in [0, 0.1) is 5.92 Å². The van der Waals surface area contributed by atoms with Crippen molar-refractivity contribution in [2.75, 3.05) is 18.9 Å². The van der Waals surface area contributed by atoms with Crippen molar-refractivity contribution in [3.8, 4) is 0 Å². The molecule has 2 rings (SSSR count). The van der Waals surface area contributed by atoms with Gasteiger partial charge in [-0.25, -0.2) is 0 Å². The maximum absolute atomic E-state index is 12.0. The fourth-order valence-corrected chi connectivity index (χ4v) is 2.33. The van der Waals surface area contributed by atoms with E-state index in [-0.39, 0.29) is 11.8 Å². The number of nitrogens with one attached hydrogen (secondary N) is 1. The molecule has 21 heavy (non-hydrogen) atoms. The second-order valence-electron chi connectivity index (χ2n) is 5.65. The molecule has 0 aliphatic heterocycles. The molecule has 0 aromatic heterocycles. The van der Waals surface area contributed by atoms with Crippen LogP contribution >= 0.6 is 0 Å². The van der Waals surface area contributed by atoms with Gasteiger partial charge in [0.25, 0.3) is 0 Å². The summed E-state index contributed by atoms with van der Waals surface area (Å²) in [5.74, 6) is 0.628. The summed E-state index contributed by atoms with van der Waals surface area (Å²) in [4.78, 5) is 24.7. The van der Waals surface area contributed by atoms with Crippen molar-refractivity contribution in [3.05, 3.63) is 35.9 Å². The molecule has 4 nitrogen and oxygen atoms in total. The molecule has 1 fully saturated rings. The van der Waals surface area contributed by atoms with E-state index in [1.54, 1.807) is 17.1 Å². The average Bonchev–Trinajstić information content (AvgIpc) is 2.41. The van der Waals surface area contributed by atoms with Gasteiger partial charge in [0.2, 0.25) is 11.8 Å². The van der Waals surface area contributed by atoms with Gasteiger partial charge >= 0.3 is 0 Å². The Morgan fingerprint density at radius 2 is 1.95 bits per heavy atom. The van der Waals surface area contributed by atoms with E-state index in [1.807, 2.05) is 31.3 Å². The largest absolute Gasteiger partial charge is 0.342 e. The Hall–Kier alpha value is -2.10. The molecular formula is C17H22N2O2. The summed E-state index contributed by atoms with van der Waals surface area (Å²) in [5, 5.41) is 2.71. The van der Waals surface area contributed by atoms with Crippen LogP contribution in [0.5, 0.6) is 0 Å². The Bertz CT molecular complexity index is 530. The SMILES string of the molecule is CC(=O)Nc1ccc(/C=C\C(=O)N(C)CC2CCC2)cc1. The minimum Gasteiger partial charge on any atom is -0.342 e. The summed E-state index contributed by atoms with van der Waals surface area (Å²) in [6.45, 7) is 2.33. The van der Waals surface area contributed by atoms with E-state index in [0.29, 0.717) is 5.92 Å². The molecule has 1 aliphatic carbocycles.